The van der Waals surface area contributed by atoms with E-state index in [4.69, 9.17) is 0 Å². The molecule has 5 aromatic carbocycles. The fourth-order valence-corrected chi connectivity index (χ4v) is 6.08. The Bertz CT molecular complexity index is 1750. The highest BCUT2D eigenvalue weighted by Crippen LogP contribution is 2.42. The Kier molecular flexibility index (Phi) is 3.78. The summed E-state index contributed by atoms with van der Waals surface area (Å²) in [6.07, 6.45) is 0. The minimum absolute atomic E-state index is 1.19. The number of rotatable bonds is 2. The lowest BCUT2D eigenvalue weighted by Crippen LogP contribution is -1.94. The third-order valence-corrected chi connectivity index (χ3v) is 7.54. The van der Waals surface area contributed by atoms with E-state index in [1.807, 2.05) is 11.3 Å². The molecule has 0 amide bonds. The van der Waals surface area contributed by atoms with Gasteiger partial charge < -0.3 is 4.57 Å². The summed E-state index contributed by atoms with van der Waals surface area (Å²) in [5.74, 6) is 0. The highest BCUT2D eigenvalue weighted by molar-refractivity contribution is 7.26. The van der Waals surface area contributed by atoms with Crippen molar-refractivity contribution in [2.24, 2.45) is 0 Å². The number of fused-ring (bicyclic) bond motifs is 7. The molecule has 150 valence electrons. The minimum Gasteiger partial charge on any atom is -0.309 e. The first-order valence-electron chi connectivity index (χ1n) is 10.9. The lowest BCUT2D eigenvalue weighted by molar-refractivity contribution is 1.19. The second kappa shape index (κ2) is 6.81. The molecule has 0 aliphatic rings. The van der Waals surface area contributed by atoms with E-state index in [-0.39, 0.29) is 0 Å². The largest absolute Gasteiger partial charge is 0.309 e. The molecular weight excluding hydrogens is 406 g/mol. The summed E-state index contributed by atoms with van der Waals surface area (Å²) in [5, 5.41) is 5.30. The first-order chi connectivity index (χ1) is 15.9. The highest BCUT2D eigenvalue weighted by Gasteiger charge is 2.17. The van der Waals surface area contributed by atoms with Gasteiger partial charge in [0.25, 0.3) is 0 Å². The number of aromatic nitrogens is 1. The topological polar surface area (TPSA) is 4.93 Å². The van der Waals surface area contributed by atoms with E-state index in [1.54, 1.807) is 0 Å². The predicted octanol–water partition coefficient (Wildman–Crippen LogP) is 8.82. The summed E-state index contributed by atoms with van der Waals surface area (Å²) in [4.78, 5) is 0. The van der Waals surface area contributed by atoms with Gasteiger partial charge in [0.1, 0.15) is 0 Å². The van der Waals surface area contributed by atoms with Gasteiger partial charge in [-0.25, -0.2) is 0 Å². The molecule has 32 heavy (non-hydrogen) atoms. The zero-order chi connectivity index (χ0) is 21.1. The van der Waals surface area contributed by atoms with Gasteiger partial charge in [0.05, 0.1) is 11.0 Å². The third-order valence-electron chi connectivity index (χ3n) is 6.41. The molecule has 7 rings (SSSR count). The van der Waals surface area contributed by atoms with Crippen molar-refractivity contribution in [3.63, 3.8) is 0 Å². The second-order valence-corrected chi connectivity index (χ2v) is 9.28. The second-order valence-electron chi connectivity index (χ2n) is 8.20. The highest BCUT2D eigenvalue weighted by atomic mass is 32.1. The van der Waals surface area contributed by atoms with Crippen LogP contribution in [0.15, 0.2) is 115 Å². The van der Waals surface area contributed by atoms with E-state index < -0.39 is 0 Å². The quantitative estimate of drug-likeness (QED) is 0.261. The summed E-state index contributed by atoms with van der Waals surface area (Å²) < 4.78 is 5.12. The molecule has 2 aromatic heterocycles. The van der Waals surface area contributed by atoms with Gasteiger partial charge in [-0.1, -0.05) is 84.9 Å². The maximum absolute atomic E-state index is 2.45. The molecule has 7 aromatic rings. The van der Waals surface area contributed by atoms with Crippen molar-refractivity contribution in [3.05, 3.63) is 115 Å². The zero-order valence-electron chi connectivity index (χ0n) is 17.3. The van der Waals surface area contributed by atoms with Crippen LogP contribution in [0.4, 0.5) is 0 Å². The van der Waals surface area contributed by atoms with Gasteiger partial charge in [-0.05, 0) is 41.5 Å². The fraction of sp³-hybridized carbons (Fsp3) is 0. The van der Waals surface area contributed by atoms with E-state index >= 15 is 0 Å². The lowest BCUT2D eigenvalue weighted by atomic mass is 10.1. The Morgan fingerprint density at radius 2 is 1.16 bits per heavy atom. The molecule has 0 atom stereocenters. The van der Waals surface area contributed by atoms with Crippen LogP contribution in [0, 0.1) is 0 Å². The monoisotopic (exact) mass is 425 g/mol. The SMILES string of the molecule is c1ccc(-c2ccc(-n3c4ccccc4c4ccc5sc6ccccc6c5c43)cc2)cc1. The van der Waals surface area contributed by atoms with Crippen molar-refractivity contribution in [2.75, 3.05) is 0 Å². The van der Waals surface area contributed by atoms with E-state index in [0.717, 1.165) is 0 Å². The average Bonchev–Trinajstić information content (AvgIpc) is 3.40. The molecule has 0 unspecified atom stereocenters. The van der Waals surface area contributed by atoms with Crippen LogP contribution < -0.4 is 0 Å². The van der Waals surface area contributed by atoms with Crippen molar-refractivity contribution < 1.29 is 0 Å². The van der Waals surface area contributed by atoms with Crippen LogP contribution in [-0.2, 0) is 0 Å². The van der Waals surface area contributed by atoms with Gasteiger partial charge >= 0.3 is 0 Å². The first-order valence-corrected chi connectivity index (χ1v) is 11.7. The Morgan fingerprint density at radius 3 is 2.00 bits per heavy atom. The number of hydrogen-bond donors (Lipinski definition) is 0. The summed E-state index contributed by atoms with van der Waals surface area (Å²) in [6, 6.07) is 41.7. The molecule has 0 radical (unpaired) electrons. The van der Waals surface area contributed by atoms with Crippen LogP contribution in [0.5, 0.6) is 0 Å². The smallest absolute Gasteiger partial charge is 0.0634 e. The summed E-state index contributed by atoms with van der Waals surface area (Å²) >= 11 is 1.88. The van der Waals surface area contributed by atoms with Crippen molar-refractivity contribution in [1.29, 1.82) is 0 Å². The predicted molar refractivity (Wildman–Crippen MR) is 139 cm³/mol. The number of hydrogen-bond acceptors (Lipinski definition) is 1. The molecule has 0 aliphatic carbocycles. The summed E-state index contributed by atoms with van der Waals surface area (Å²) in [5.41, 5.74) is 6.22. The van der Waals surface area contributed by atoms with Gasteiger partial charge in [-0.3, -0.25) is 0 Å². The summed E-state index contributed by atoms with van der Waals surface area (Å²) in [7, 11) is 0. The minimum atomic E-state index is 1.19. The van der Waals surface area contributed by atoms with E-state index in [9.17, 15) is 0 Å². The van der Waals surface area contributed by atoms with Crippen LogP contribution in [0.2, 0.25) is 0 Å². The third kappa shape index (κ3) is 2.50. The molecule has 0 saturated heterocycles. The molecule has 0 aliphatic heterocycles. The zero-order valence-corrected chi connectivity index (χ0v) is 18.1. The molecule has 0 fully saturated rings. The van der Waals surface area contributed by atoms with Gasteiger partial charge in [0.15, 0.2) is 0 Å². The van der Waals surface area contributed by atoms with Crippen molar-refractivity contribution in [3.8, 4) is 16.8 Å². The molecule has 1 nitrogen and oxygen atoms in total. The van der Waals surface area contributed by atoms with Gasteiger partial charge in [-0.15, -0.1) is 11.3 Å². The fourth-order valence-electron chi connectivity index (χ4n) is 4.97. The maximum atomic E-state index is 2.45. The van der Waals surface area contributed by atoms with Crippen LogP contribution in [0.25, 0.3) is 58.8 Å². The lowest BCUT2D eigenvalue weighted by Gasteiger charge is -2.10. The van der Waals surface area contributed by atoms with Crippen molar-refractivity contribution >= 4 is 53.3 Å². The molecule has 0 saturated carbocycles. The first kappa shape index (κ1) is 17.8. The molecule has 2 heterocycles. The molecule has 0 spiro atoms. The average molecular weight is 426 g/mol. The van der Waals surface area contributed by atoms with Gasteiger partial charge in [-0.2, -0.15) is 0 Å². The number of nitrogens with zero attached hydrogens (tertiary/aromatic N) is 1. The summed E-state index contributed by atoms with van der Waals surface area (Å²) in [6.45, 7) is 0. The number of para-hydroxylation sites is 1. The van der Waals surface area contributed by atoms with Crippen LogP contribution >= 0.6 is 11.3 Å². The Labute approximate surface area is 189 Å². The van der Waals surface area contributed by atoms with Crippen LogP contribution in [0.1, 0.15) is 0 Å². The van der Waals surface area contributed by atoms with E-state index in [0.29, 0.717) is 0 Å². The molecule has 0 bridgehead atoms. The van der Waals surface area contributed by atoms with Crippen LogP contribution in [-0.4, -0.2) is 4.57 Å². The maximum Gasteiger partial charge on any atom is 0.0634 e. The molecule has 0 N–H and O–H groups in total. The normalized spacial score (nSPS) is 11.8. The van der Waals surface area contributed by atoms with E-state index in [1.165, 1.54) is 58.8 Å². The Balaban J connectivity index is 1.59. The van der Waals surface area contributed by atoms with Gasteiger partial charge in [0.2, 0.25) is 0 Å². The number of thiophene rings is 1. The molecular formula is C30H19NS. The van der Waals surface area contributed by atoms with Crippen molar-refractivity contribution in [2.45, 2.75) is 0 Å². The molecule has 2 heteroatoms. The standard InChI is InChI=1S/C30H19NS/c1-2-8-20(9-3-1)21-14-16-22(17-15-21)31-26-12-6-4-10-23(26)24-18-19-28-29(30(24)31)25-11-5-7-13-27(25)32-28/h1-19H. The van der Waals surface area contributed by atoms with Crippen LogP contribution in [0.3, 0.4) is 0 Å². The van der Waals surface area contributed by atoms with Gasteiger partial charge in [0, 0.05) is 36.6 Å². The Morgan fingerprint density at radius 1 is 0.469 bits per heavy atom. The Hall–Kier alpha value is -3.88. The van der Waals surface area contributed by atoms with Crippen molar-refractivity contribution in [1.82, 2.24) is 4.57 Å². The number of benzene rings is 5. The van der Waals surface area contributed by atoms with E-state index in [2.05, 4.69) is 120 Å².